The van der Waals surface area contributed by atoms with Crippen molar-refractivity contribution in [2.75, 3.05) is 19.6 Å². The van der Waals surface area contributed by atoms with E-state index in [1.165, 1.54) is 4.31 Å². The molecule has 1 aromatic rings. The molecule has 1 saturated heterocycles. The van der Waals surface area contributed by atoms with Crippen molar-refractivity contribution in [2.24, 2.45) is 5.73 Å². The Balaban J connectivity index is 0.00000312. The van der Waals surface area contributed by atoms with Crippen molar-refractivity contribution >= 4 is 28.3 Å². The Labute approximate surface area is 156 Å². The highest BCUT2D eigenvalue weighted by molar-refractivity contribution is 7.89. The molecule has 2 rings (SSSR count). The number of benzene rings is 1. The number of hydrogen-bond donors (Lipinski definition) is 2. The summed E-state index contributed by atoms with van der Waals surface area (Å²) in [5, 5.41) is 2.79. The first-order valence-electron chi connectivity index (χ1n) is 8.36. The number of nitrogens with one attached hydrogen (secondary N) is 1. The predicted molar refractivity (Wildman–Crippen MR) is 101 cm³/mol. The van der Waals surface area contributed by atoms with E-state index in [1.54, 1.807) is 13.8 Å². The molecule has 1 aliphatic heterocycles. The molecule has 1 aromatic carbocycles. The second-order valence-electron chi connectivity index (χ2n) is 6.43. The van der Waals surface area contributed by atoms with Crippen molar-refractivity contribution in [2.45, 2.75) is 51.0 Å². The van der Waals surface area contributed by atoms with Gasteiger partial charge in [0.15, 0.2) is 0 Å². The van der Waals surface area contributed by atoms with Crippen LogP contribution in [-0.2, 0) is 14.8 Å². The molecule has 1 aliphatic rings. The van der Waals surface area contributed by atoms with E-state index in [2.05, 4.69) is 5.32 Å². The smallest absolute Gasteiger partial charge is 0.244 e. The highest BCUT2D eigenvalue weighted by Crippen LogP contribution is 2.30. The molecule has 6 nitrogen and oxygen atoms in total. The van der Waals surface area contributed by atoms with Crippen molar-refractivity contribution in [1.82, 2.24) is 9.62 Å². The van der Waals surface area contributed by atoms with Crippen LogP contribution in [0, 0.1) is 20.8 Å². The van der Waals surface area contributed by atoms with Gasteiger partial charge in [0.2, 0.25) is 15.9 Å². The molecule has 8 heteroatoms. The number of aryl methyl sites for hydroxylation is 3. The molecular formula is C17H28ClN3O3S. The van der Waals surface area contributed by atoms with E-state index in [0.717, 1.165) is 16.7 Å². The Morgan fingerprint density at radius 2 is 1.88 bits per heavy atom. The van der Waals surface area contributed by atoms with Crippen molar-refractivity contribution in [3.8, 4) is 0 Å². The number of rotatable bonds is 6. The minimum absolute atomic E-state index is 0. The molecule has 0 saturated carbocycles. The van der Waals surface area contributed by atoms with Gasteiger partial charge in [-0.15, -0.1) is 12.4 Å². The SMILES string of the molecule is Cc1cc(C)c(S(=O)(=O)N2CCCC2C(=O)NCCCN)c(C)c1.Cl. The largest absolute Gasteiger partial charge is 0.355 e. The van der Waals surface area contributed by atoms with Crippen LogP contribution in [0.2, 0.25) is 0 Å². The molecule has 0 bridgehead atoms. The van der Waals surface area contributed by atoms with Gasteiger partial charge in [-0.3, -0.25) is 4.79 Å². The summed E-state index contributed by atoms with van der Waals surface area (Å²) in [6, 6.07) is 3.10. The van der Waals surface area contributed by atoms with Gasteiger partial charge in [-0.2, -0.15) is 4.31 Å². The summed E-state index contributed by atoms with van der Waals surface area (Å²) in [4.78, 5) is 12.7. The number of nitrogens with two attached hydrogens (primary N) is 1. The summed E-state index contributed by atoms with van der Waals surface area (Å²) in [5.41, 5.74) is 7.91. The second kappa shape index (κ2) is 8.98. The minimum Gasteiger partial charge on any atom is -0.355 e. The molecule has 0 radical (unpaired) electrons. The zero-order valence-electron chi connectivity index (χ0n) is 15.0. The molecule has 25 heavy (non-hydrogen) atoms. The van der Waals surface area contributed by atoms with E-state index in [9.17, 15) is 13.2 Å². The number of carbonyl (C=O) groups is 1. The third-order valence-corrected chi connectivity index (χ3v) is 6.57. The first-order chi connectivity index (χ1) is 11.3. The van der Waals surface area contributed by atoms with E-state index in [4.69, 9.17) is 5.73 Å². The second-order valence-corrected chi connectivity index (χ2v) is 8.26. The molecule has 1 heterocycles. The summed E-state index contributed by atoms with van der Waals surface area (Å²) in [6.07, 6.45) is 1.93. The fraction of sp³-hybridized carbons (Fsp3) is 0.588. The van der Waals surface area contributed by atoms with Crippen molar-refractivity contribution in [1.29, 1.82) is 0 Å². The molecule has 142 valence electrons. The maximum atomic E-state index is 13.2. The van der Waals surface area contributed by atoms with Crippen LogP contribution in [0.5, 0.6) is 0 Å². The zero-order chi connectivity index (χ0) is 17.9. The van der Waals surface area contributed by atoms with Gasteiger partial charge >= 0.3 is 0 Å². The fourth-order valence-electron chi connectivity index (χ4n) is 3.41. The Bertz CT molecular complexity index is 699. The molecule has 1 amide bonds. The maximum absolute atomic E-state index is 13.2. The average Bonchev–Trinajstić information content (AvgIpc) is 2.96. The Hall–Kier alpha value is -1.15. The lowest BCUT2D eigenvalue weighted by Gasteiger charge is -2.25. The maximum Gasteiger partial charge on any atom is 0.244 e. The van der Waals surface area contributed by atoms with E-state index in [-0.39, 0.29) is 18.3 Å². The topological polar surface area (TPSA) is 92.5 Å². The van der Waals surface area contributed by atoms with Gasteiger partial charge in [-0.25, -0.2) is 8.42 Å². The van der Waals surface area contributed by atoms with Crippen molar-refractivity contribution < 1.29 is 13.2 Å². The number of hydrogen-bond acceptors (Lipinski definition) is 4. The summed E-state index contributed by atoms with van der Waals surface area (Å²) >= 11 is 0. The van der Waals surface area contributed by atoms with E-state index >= 15 is 0 Å². The first kappa shape index (κ1) is 21.9. The van der Waals surface area contributed by atoms with Gasteiger partial charge in [-0.1, -0.05) is 17.7 Å². The summed E-state index contributed by atoms with van der Waals surface area (Å²) in [7, 11) is -3.69. The van der Waals surface area contributed by atoms with Crippen LogP contribution in [0.15, 0.2) is 17.0 Å². The Morgan fingerprint density at radius 1 is 1.28 bits per heavy atom. The van der Waals surface area contributed by atoms with Gasteiger partial charge in [0.25, 0.3) is 0 Å². The van der Waals surface area contributed by atoms with Crippen LogP contribution >= 0.6 is 12.4 Å². The summed E-state index contributed by atoms with van der Waals surface area (Å²) < 4.78 is 27.7. The van der Waals surface area contributed by atoms with Gasteiger partial charge in [0.1, 0.15) is 6.04 Å². The monoisotopic (exact) mass is 389 g/mol. The number of carbonyl (C=O) groups excluding carboxylic acids is 1. The van der Waals surface area contributed by atoms with Crippen LogP contribution in [0.25, 0.3) is 0 Å². The summed E-state index contributed by atoms with van der Waals surface area (Å²) in [5.74, 6) is -0.230. The van der Waals surface area contributed by atoms with Crippen molar-refractivity contribution in [3.63, 3.8) is 0 Å². The van der Waals surface area contributed by atoms with Gasteiger partial charge in [0, 0.05) is 13.1 Å². The summed E-state index contributed by atoms with van der Waals surface area (Å²) in [6.45, 7) is 6.90. The molecule has 1 fully saturated rings. The molecule has 1 atom stereocenters. The zero-order valence-corrected chi connectivity index (χ0v) is 16.7. The number of nitrogens with zero attached hydrogens (tertiary/aromatic N) is 1. The van der Waals surface area contributed by atoms with Crippen LogP contribution in [-0.4, -0.2) is 44.3 Å². The quantitative estimate of drug-likeness (QED) is 0.723. The molecule has 3 N–H and O–H groups in total. The molecule has 0 aliphatic carbocycles. The minimum atomic E-state index is -3.69. The normalized spacial score (nSPS) is 18.0. The molecule has 0 spiro atoms. The Morgan fingerprint density at radius 3 is 2.44 bits per heavy atom. The van der Waals surface area contributed by atoms with Crippen LogP contribution in [0.4, 0.5) is 0 Å². The van der Waals surface area contributed by atoms with Gasteiger partial charge < -0.3 is 11.1 Å². The third-order valence-electron chi connectivity index (χ3n) is 4.36. The predicted octanol–water partition coefficient (Wildman–Crippen LogP) is 1.65. The lowest BCUT2D eigenvalue weighted by molar-refractivity contribution is -0.124. The van der Waals surface area contributed by atoms with Crippen LogP contribution in [0.1, 0.15) is 36.0 Å². The van der Waals surface area contributed by atoms with Crippen LogP contribution < -0.4 is 11.1 Å². The fourth-order valence-corrected chi connectivity index (χ4v) is 5.48. The lowest BCUT2D eigenvalue weighted by Crippen LogP contribution is -2.46. The molecule has 0 aromatic heterocycles. The van der Waals surface area contributed by atoms with Crippen LogP contribution in [0.3, 0.4) is 0 Å². The average molecular weight is 390 g/mol. The number of sulfonamides is 1. The lowest BCUT2D eigenvalue weighted by atomic mass is 10.1. The molecular weight excluding hydrogens is 362 g/mol. The third kappa shape index (κ3) is 4.73. The standard InChI is InChI=1S/C17H27N3O3S.ClH/c1-12-10-13(2)16(14(3)11-12)24(22,23)20-9-4-6-15(20)17(21)19-8-5-7-18;/h10-11,15H,4-9,18H2,1-3H3,(H,19,21);1H. The van der Waals surface area contributed by atoms with E-state index in [0.29, 0.717) is 43.8 Å². The first-order valence-corrected chi connectivity index (χ1v) is 9.80. The van der Waals surface area contributed by atoms with Gasteiger partial charge in [-0.05, 0) is 57.7 Å². The number of amides is 1. The van der Waals surface area contributed by atoms with Crippen molar-refractivity contribution in [3.05, 3.63) is 28.8 Å². The van der Waals surface area contributed by atoms with Gasteiger partial charge in [0.05, 0.1) is 4.90 Å². The highest BCUT2D eigenvalue weighted by atomic mass is 35.5. The Kier molecular flexibility index (Phi) is 7.87. The molecule has 1 unspecified atom stereocenters. The highest BCUT2D eigenvalue weighted by Gasteiger charge is 2.40. The van der Waals surface area contributed by atoms with E-state index < -0.39 is 16.1 Å². The van der Waals surface area contributed by atoms with E-state index in [1.807, 2.05) is 19.1 Å². The number of halogens is 1.